The van der Waals surface area contributed by atoms with E-state index in [0.717, 1.165) is 45.1 Å². The number of nitro groups is 1. The number of hydrogen-bond donors (Lipinski definition) is 1. The number of anilines is 1. The first-order valence-electron chi connectivity index (χ1n) is 6.41. The Hall–Kier alpha value is -1.73. The highest BCUT2D eigenvalue weighted by molar-refractivity contribution is 5.42. The van der Waals surface area contributed by atoms with E-state index in [4.69, 9.17) is 0 Å². The van der Waals surface area contributed by atoms with Crippen LogP contribution in [0, 0.1) is 10.1 Å². The molecule has 1 N–H and O–H groups in total. The maximum atomic E-state index is 10.6. The van der Waals surface area contributed by atoms with Crippen molar-refractivity contribution in [2.24, 2.45) is 0 Å². The number of rotatable bonds is 5. The van der Waals surface area contributed by atoms with Crippen LogP contribution in [0.1, 0.15) is 0 Å². The van der Waals surface area contributed by atoms with E-state index in [2.05, 4.69) is 15.2 Å². The maximum Gasteiger partial charge on any atom is 0.287 e. The number of nitrogens with one attached hydrogen (secondary N) is 1. The SMILES string of the molecule is CN(CCN1CCNCC1)c1ccc([N+](=O)[O-])cn1. The summed E-state index contributed by atoms with van der Waals surface area (Å²) < 4.78 is 0. The van der Waals surface area contributed by atoms with Gasteiger partial charge in [-0.05, 0) is 6.07 Å². The molecule has 0 radical (unpaired) electrons. The van der Waals surface area contributed by atoms with Crippen molar-refractivity contribution in [3.63, 3.8) is 0 Å². The zero-order chi connectivity index (χ0) is 13.7. The van der Waals surface area contributed by atoms with Crippen molar-refractivity contribution in [3.8, 4) is 0 Å². The van der Waals surface area contributed by atoms with Crippen LogP contribution < -0.4 is 10.2 Å². The molecule has 1 aromatic heterocycles. The van der Waals surface area contributed by atoms with E-state index < -0.39 is 4.92 Å². The molecule has 7 nitrogen and oxygen atoms in total. The van der Waals surface area contributed by atoms with Crippen molar-refractivity contribution in [1.29, 1.82) is 0 Å². The molecule has 0 amide bonds. The monoisotopic (exact) mass is 265 g/mol. The average molecular weight is 265 g/mol. The summed E-state index contributed by atoms with van der Waals surface area (Å²) in [6.07, 6.45) is 1.30. The molecule has 0 aromatic carbocycles. The first-order valence-corrected chi connectivity index (χ1v) is 6.41. The summed E-state index contributed by atoms with van der Waals surface area (Å²) in [4.78, 5) is 18.7. The van der Waals surface area contributed by atoms with Gasteiger partial charge in [-0.15, -0.1) is 0 Å². The zero-order valence-corrected chi connectivity index (χ0v) is 11.1. The zero-order valence-electron chi connectivity index (χ0n) is 11.1. The molecule has 1 aliphatic rings. The molecule has 2 heterocycles. The second-order valence-corrected chi connectivity index (χ2v) is 4.64. The summed E-state index contributed by atoms with van der Waals surface area (Å²) >= 11 is 0. The molecule has 1 fully saturated rings. The Balaban J connectivity index is 1.84. The summed E-state index contributed by atoms with van der Waals surface area (Å²) in [6.45, 7) is 6.07. The quantitative estimate of drug-likeness (QED) is 0.611. The van der Waals surface area contributed by atoms with E-state index in [1.807, 2.05) is 11.9 Å². The average Bonchev–Trinajstić information content (AvgIpc) is 2.46. The summed E-state index contributed by atoms with van der Waals surface area (Å²) in [5, 5.41) is 13.9. The van der Waals surface area contributed by atoms with Crippen LogP contribution in [0.3, 0.4) is 0 Å². The standard InChI is InChI=1S/C12H19N5O2/c1-15(8-9-16-6-4-13-5-7-16)12-3-2-11(10-14-12)17(18)19/h2-3,10,13H,4-9H2,1H3. The van der Waals surface area contributed by atoms with Gasteiger partial charge in [0.1, 0.15) is 12.0 Å². The highest BCUT2D eigenvalue weighted by Crippen LogP contribution is 2.14. The first-order chi connectivity index (χ1) is 9.16. The van der Waals surface area contributed by atoms with Gasteiger partial charge in [0.15, 0.2) is 0 Å². The molecule has 2 rings (SSSR count). The molecule has 0 spiro atoms. The second kappa shape index (κ2) is 6.44. The lowest BCUT2D eigenvalue weighted by molar-refractivity contribution is -0.385. The number of likely N-dealkylation sites (N-methyl/N-ethyl adjacent to an activating group) is 1. The Labute approximate surface area is 112 Å². The van der Waals surface area contributed by atoms with E-state index >= 15 is 0 Å². The minimum absolute atomic E-state index is 0.0271. The van der Waals surface area contributed by atoms with Crippen LogP contribution in [0.4, 0.5) is 11.5 Å². The van der Waals surface area contributed by atoms with E-state index in [1.165, 1.54) is 12.3 Å². The minimum atomic E-state index is -0.433. The van der Waals surface area contributed by atoms with Gasteiger partial charge in [-0.3, -0.25) is 15.0 Å². The van der Waals surface area contributed by atoms with Crippen LogP contribution >= 0.6 is 0 Å². The highest BCUT2D eigenvalue weighted by atomic mass is 16.6. The maximum absolute atomic E-state index is 10.6. The summed E-state index contributed by atoms with van der Waals surface area (Å²) in [5.74, 6) is 0.765. The smallest absolute Gasteiger partial charge is 0.287 e. The highest BCUT2D eigenvalue weighted by Gasteiger charge is 2.11. The van der Waals surface area contributed by atoms with Crippen LogP contribution in [0.25, 0.3) is 0 Å². The molecule has 0 bridgehead atoms. The predicted octanol–water partition coefficient (Wildman–Crippen LogP) is 0.331. The number of piperazine rings is 1. The Morgan fingerprint density at radius 3 is 2.79 bits per heavy atom. The van der Waals surface area contributed by atoms with Crippen LogP contribution in [-0.2, 0) is 0 Å². The van der Waals surface area contributed by atoms with Crippen molar-refractivity contribution in [2.75, 3.05) is 51.2 Å². The Morgan fingerprint density at radius 1 is 1.47 bits per heavy atom. The molecule has 1 aromatic rings. The summed E-state index contributed by atoms with van der Waals surface area (Å²) in [7, 11) is 1.95. The van der Waals surface area contributed by atoms with Gasteiger partial charge in [0, 0.05) is 52.4 Å². The first kappa shape index (κ1) is 13.7. The largest absolute Gasteiger partial charge is 0.358 e. The van der Waals surface area contributed by atoms with Gasteiger partial charge in [-0.2, -0.15) is 0 Å². The predicted molar refractivity (Wildman–Crippen MR) is 73.5 cm³/mol. The van der Waals surface area contributed by atoms with Crippen LogP contribution in [0.15, 0.2) is 18.3 Å². The molecule has 19 heavy (non-hydrogen) atoms. The number of nitrogens with zero attached hydrogens (tertiary/aromatic N) is 4. The molecular weight excluding hydrogens is 246 g/mol. The van der Waals surface area contributed by atoms with E-state index in [9.17, 15) is 10.1 Å². The van der Waals surface area contributed by atoms with Crippen molar-refractivity contribution in [2.45, 2.75) is 0 Å². The molecule has 1 aliphatic heterocycles. The Morgan fingerprint density at radius 2 is 2.21 bits per heavy atom. The third kappa shape index (κ3) is 3.87. The van der Waals surface area contributed by atoms with Crippen molar-refractivity contribution in [1.82, 2.24) is 15.2 Å². The third-order valence-electron chi connectivity index (χ3n) is 3.30. The van der Waals surface area contributed by atoms with Gasteiger partial charge in [0.05, 0.1) is 4.92 Å². The van der Waals surface area contributed by atoms with Crippen LogP contribution in [0.2, 0.25) is 0 Å². The van der Waals surface area contributed by atoms with Gasteiger partial charge >= 0.3 is 0 Å². The molecule has 0 unspecified atom stereocenters. The number of hydrogen-bond acceptors (Lipinski definition) is 6. The molecule has 0 aliphatic carbocycles. The minimum Gasteiger partial charge on any atom is -0.358 e. The van der Waals surface area contributed by atoms with Gasteiger partial charge < -0.3 is 10.2 Å². The normalized spacial score (nSPS) is 16.3. The third-order valence-corrected chi connectivity index (χ3v) is 3.30. The molecule has 104 valence electrons. The van der Waals surface area contributed by atoms with Gasteiger partial charge in [-0.25, -0.2) is 4.98 Å². The van der Waals surface area contributed by atoms with E-state index in [1.54, 1.807) is 6.07 Å². The lowest BCUT2D eigenvalue weighted by atomic mass is 10.3. The second-order valence-electron chi connectivity index (χ2n) is 4.64. The fourth-order valence-corrected chi connectivity index (χ4v) is 2.05. The van der Waals surface area contributed by atoms with Gasteiger partial charge in [0.25, 0.3) is 5.69 Å². The number of aromatic nitrogens is 1. The Kier molecular flexibility index (Phi) is 4.64. The van der Waals surface area contributed by atoms with Crippen LogP contribution in [-0.4, -0.2) is 61.1 Å². The van der Waals surface area contributed by atoms with Crippen molar-refractivity contribution in [3.05, 3.63) is 28.4 Å². The van der Waals surface area contributed by atoms with Crippen molar-refractivity contribution >= 4 is 11.5 Å². The molecule has 0 saturated carbocycles. The lowest BCUT2D eigenvalue weighted by Gasteiger charge is -2.29. The molecule has 1 saturated heterocycles. The fraction of sp³-hybridized carbons (Fsp3) is 0.583. The Bertz CT molecular complexity index is 417. The molecular formula is C12H19N5O2. The molecule has 0 atom stereocenters. The number of pyridine rings is 1. The van der Waals surface area contributed by atoms with Gasteiger partial charge in [0.2, 0.25) is 0 Å². The van der Waals surface area contributed by atoms with E-state index in [-0.39, 0.29) is 5.69 Å². The van der Waals surface area contributed by atoms with Crippen molar-refractivity contribution < 1.29 is 4.92 Å². The summed E-state index contributed by atoms with van der Waals surface area (Å²) in [6, 6.07) is 3.18. The molecule has 7 heteroatoms. The lowest BCUT2D eigenvalue weighted by Crippen LogP contribution is -2.46. The summed E-state index contributed by atoms with van der Waals surface area (Å²) in [5.41, 5.74) is 0.0271. The topological polar surface area (TPSA) is 74.5 Å². The van der Waals surface area contributed by atoms with Gasteiger partial charge in [-0.1, -0.05) is 0 Å². The van der Waals surface area contributed by atoms with E-state index in [0.29, 0.717) is 0 Å². The fourth-order valence-electron chi connectivity index (χ4n) is 2.05. The van der Waals surface area contributed by atoms with Crippen LogP contribution in [0.5, 0.6) is 0 Å².